The van der Waals surface area contributed by atoms with E-state index < -0.39 is 17.1 Å². The number of halogens is 2. The SMILES string of the molecule is O=c1cc(-c2cc3ccccc3cn2)oc2c(F)cc(F)cc12. The lowest BCUT2D eigenvalue weighted by molar-refractivity contribution is 0.544. The van der Waals surface area contributed by atoms with Gasteiger partial charge in [-0.05, 0) is 17.5 Å². The summed E-state index contributed by atoms with van der Waals surface area (Å²) in [5.41, 5.74) is -0.384. The molecular formula is C18H9F2NO2. The van der Waals surface area contributed by atoms with Gasteiger partial charge < -0.3 is 4.42 Å². The van der Waals surface area contributed by atoms with E-state index in [2.05, 4.69) is 4.98 Å². The molecule has 0 unspecified atom stereocenters. The first-order chi connectivity index (χ1) is 11.1. The lowest BCUT2D eigenvalue weighted by Gasteiger charge is -2.05. The minimum Gasteiger partial charge on any atom is -0.451 e. The molecule has 0 fully saturated rings. The van der Waals surface area contributed by atoms with Gasteiger partial charge in [0.1, 0.15) is 11.5 Å². The lowest BCUT2D eigenvalue weighted by atomic mass is 10.1. The van der Waals surface area contributed by atoms with E-state index in [4.69, 9.17) is 4.42 Å². The minimum atomic E-state index is -0.917. The van der Waals surface area contributed by atoms with Crippen molar-refractivity contribution in [2.75, 3.05) is 0 Å². The molecule has 0 N–H and O–H groups in total. The summed E-state index contributed by atoms with van der Waals surface area (Å²) >= 11 is 0. The summed E-state index contributed by atoms with van der Waals surface area (Å²) < 4.78 is 32.6. The smallest absolute Gasteiger partial charge is 0.193 e. The third kappa shape index (κ3) is 2.26. The van der Waals surface area contributed by atoms with Gasteiger partial charge in [0.25, 0.3) is 0 Å². The van der Waals surface area contributed by atoms with Crippen LogP contribution >= 0.6 is 0 Å². The number of benzene rings is 2. The van der Waals surface area contributed by atoms with Crippen LogP contribution in [-0.2, 0) is 0 Å². The highest BCUT2D eigenvalue weighted by molar-refractivity contribution is 5.85. The van der Waals surface area contributed by atoms with E-state index in [0.717, 1.165) is 16.8 Å². The summed E-state index contributed by atoms with van der Waals surface area (Å²) in [6.07, 6.45) is 1.65. The molecule has 4 aromatic rings. The fourth-order valence-electron chi connectivity index (χ4n) is 2.53. The van der Waals surface area contributed by atoms with Crippen molar-refractivity contribution >= 4 is 21.7 Å². The van der Waals surface area contributed by atoms with Crippen molar-refractivity contribution in [3.8, 4) is 11.5 Å². The first kappa shape index (κ1) is 13.6. The first-order valence-corrected chi connectivity index (χ1v) is 6.90. The minimum absolute atomic E-state index is 0.132. The van der Waals surface area contributed by atoms with Crippen LogP contribution in [0.4, 0.5) is 8.78 Å². The number of rotatable bonds is 1. The Morgan fingerprint density at radius 3 is 2.57 bits per heavy atom. The fourth-order valence-corrected chi connectivity index (χ4v) is 2.53. The molecule has 0 amide bonds. The molecule has 0 saturated heterocycles. The molecule has 2 aromatic heterocycles. The van der Waals surface area contributed by atoms with Crippen LogP contribution in [0.3, 0.4) is 0 Å². The summed E-state index contributed by atoms with van der Waals surface area (Å²) in [6.45, 7) is 0. The van der Waals surface area contributed by atoms with Crippen molar-refractivity contribution < 1.29 is 13.2 Å². The average molecular weight is 309 g/mol. The number of nitrogens with zero attached hydrogens (tertiary/aromatic N) is 1. The number of pyridine rings is 1. The van der Waals surface area contributed by atoms with Gasteiger partial charge in [0.05, 0.1) is 5.39 Å². The van der Waals surface area contributed by atoms with Crippen molar-refractivity contribution in [2.45, 2.75) is 0 Å². The van der Waals surface area contributed by atoms with Crippen LogP contribution in [0.5, 0.6) is 0 Å². The third-order valence-electron chi connectivity index (χ3n) is 3.63. The van der Waals surface area contributed by atoms with Crippen molar-refractivity contribution in [3.05, 3.63) is 76.6 Å². The molecule has 0 aliphatic heterocycles. The van der Waals surface area contributed by atoms with E-state index >= 15 is 0 Å². The van der Waals surface area contributed by atoms with Crippen LogP contribution in [0.15, 0.2) is 63.9 Å². The molecule has 0 aliphatic carbocycles. The maximum absolute atomic E-state index is 13.9. The van der Waals surface area contributed by atoms with Crippen molar-refractivity contribution in [1.82, 2.24) is 4.98 Å². The maximum Gasteiger partial charge on any atom is 0.193 e. The monoisotopic (exact) mass is 309 g/mol. The van der Waals surface area contributed by atoms with Gasteiger partial charge in [0, 0.05) is 23.7 Å². The Bertz CT molecular complexity index is 1120. The number of aromatic nitrogens is 1. The van der Waals surface area contributed by atoms with Crippen LogP contribution in [-0.4, -0.2) is 4.98 Å². The molecule has 5 heteroatoms. The molecule has 0 bridgehead atoms. The first-order valence-electron chi connectivity index (χ1n) is 6.90. The zero-order chi connectivity index (χ0) is 16.0. The molecule has 23 heavy (non-hydrogen) atoms. The fraction of sp³-hybridized carbons (Fsp3) is 0. The molecule has 0 radical (unpaired) electrons. The van der Waals surface area contributed by atoms with Crippen molar-refractivity contribution in [1.29, 1.82) is 0 Å². The Hall–Kier alpha value is -3.08. The molecule has 0 aliphatic rings. The van der Waals surface area contributed by atoms with Crippen LogP contribution in [0.25, 0.3) is 33.2 Å². The van der Waals surface area contributed by atoms with Gasteiger partial charge in [-0.15, -0.1) is 0 Å². The van der Waals surface area contributed by atoms with Crippen LogP contribution in [0.1, 0.15) is 0 Å². The standard InChI is InChI=1S/C18H9F2NO2/c19-12-6-13-16(22)8-17(23-18(13)14(20)7-12)15-5-10-3-1-2-4-11(10)9-21-15/h1-9H. The van der Waals surface area contributed by atoms with Gasteiger partial charge in [0.15, 0.2) is 22.6 Å². The van der Waals surface area contributed by atoms with Gasteiger partial charge in [-0.25, -0.2) is 8.78 Å². The van der Waals surface area contributed by atoms with E-state index in [9.17, 15) is 13.6 Å². The second-order valence-electron chi connectivity index (χ2n) is 5.16. The van der Waals surface area contributed by atoms with Crippen molar-refractivity contribution in [2.24, 2.45) is 0 Å². The second-order valence-corrected chi connectivity index (χ2v) is 5.16. The summed E-state index contributed by atoms with van der Waals surface area (Å²) in [4.78, 5) is 16.4. The van der Waals surface area contributed by atoms with Gasteiger partial charge in [-0.2, -0.15) is 0 Å². The Kier molecular flexibility index (Phi) is 2.94. The lowest BCUT2D eigenvalue weighted by Crippen LogP contribution is -2.02. The van der Waals surface area contributed by atoms with E-state index in [1.54, 1.807) is 12.3 Å². The van der Waals surface area contributed by atoms with Crippen molar-refractivity contribution in [3.63, 3.8) is 0 Å². The topological polar surface area (TPSA) is 43.1 Å². The van der Waals surface area contributed by atoms with Gasteiger partial charge in [0.2, 0.25) is 0 Å². The Morgan fingerprint density at radius 2 is 1.74 bits per heavy atom. The largest absolute Gasteiger partial charge is 0.451 e. The zero-order valence-electron chi connectivity index (χ0n) is 11.7. The van der Waals surface area contributed by atoms with E-state index in [1.807, 2.05) is 24.3 Å². The summed E-state index contributed by atoms with van der Waals surface area (Å²) in [5.74, 6) is -1.60. The molecule has 112 valence electrons. The second kappa shape index (κ2) is 4.98. The number of hydrogen-bond acceptors (Lipinski definition) is 3. The predicted molar refractivity (Wildman–Crippen MR) is 83.1 cm³/mol. The summed E-state index contributed by atoms with van der Waals surface area (Å²) in [5, 5.41) is 1.72. The van der Waals surface area contributed by atoms with Crippen LogP contribution in [0.2, 0.25) is 0 Å². The zero-order valence-corrected chi connectivity index (χ0v) is 11.7. The van der Waals surface area contributed by atoms with Gasteiger partial charge in [-0.3, -0.25) is 9.78 Å². The average Bonchev–Trinajstić information content (AvgIpc) is 2.55. The molecule has 0 atom stereocenters. The highest BCUT2D eigenvalue weighted by Gasteiger charge is 2.13. The summed E-state index contributed by atoms with van der Waals surface area (Å²) in [6, 6.07) is 12.2. The number of fused-ring (bicyclic) bond motifs is 2. The molecule has 4 rings (SSSR count). The predicted octanol–water partition coefficient (Wildman–Crippen LogP) is 4.29. The molecule has 2 aromatic carbocycles. The molecule has 0 spiro atoms. The van der Waals surface area contributed by atoms with Gasteiger partial charge in [-0.1, -0.05) is 24.3 Å². The van der Waals surface area contributed by atoms with E-state index in [-0.39, 0.29) is 16.7 Å². The molecular weight excluding hydrogens is 300 g/mol. The van der Waals surface area contributed by atoms with Gasteiger partial charge >= 0.3 is 0 Å². The summed E-state index contributed by atoms with van der Waals surface area (Å²) in [7, 11) is 0. The highest BCUT2D eigenvalue weighted by atomic mass is 19.1. The maximum atomic E-state index is 13.9. The third-order valence-corrected chi connectivity index (χ3v) is 3.63. The Labute approximate surface area is 128 Å². The molecule has 3 nitrogen and oxygen atoms in total. The van der Waals surface area contributed by atoms with E-state index in [0.29, 0.717) is 11.8 Å². The van der Waals surface area contributed by atoms with Crippen LogP contribution in [0, 0.1) is 11.6 Å². The molecule has 2 heterocycles. The van der Waals surface area contributed by atoms with Crippen LogP contribution < -0.4 is 5.43 Å². The van der Waals surface area contributed by atoms with E-state index in [1.165, 1.54) is 6.07 Å². The quantitative estimate of drug-likeness (QED) is 0.527. The molecule has 0 saturated carbocycles. The highest BCUT2D eigenvalue weighted by Crippen LogP contribution is 2.25. The Morgan fingerprint density at radius 1 is 0.957 bits per heavy atom. The number of hydrogen-bond donors (Lipinski definition) is 0. The Balaban J connectivity index is 1.99. The normalized spacial score (nSPS) is 11.2.